The zero-order valence-electron chi connectivity index (χ0n) is 13.7. The maximum absolute atomic E-state index is 12.2. The molecule has 5 nitrogen and oxygen atoms in total. The summed E-state index contributed by atoms with van der Waals surface area (Å²) in [6, 6.07) is 3.31. The predicted molar refractivity (Wildman–Crippen MR) is 90.9 cm³/mol. The van der Waals surface area contributed by atoms with Crippen LogP contribution in [0.15, 0.2) is 21.7 Å². The first-order valence-corrected chi connectivity index (χ1v) is 10.4. The number of sulfonamides is 1. The first kappa shape index (κ1) is 18.4. The van der Waals surface area contributed by atoms with Gasteiger partial charge in [0.2, 0.25) is 0 Å². The van der Waals surface area contributed by atoms with Gasteiger partial charge in [-0.15, -0.1) is 11.3 Å². The number of nitrogens with zero attached hydrogens (tertiary/aromatic N) is 1. The average molecular weight is 360 g/mol. The molecule has 0 N–H and O–H groups in total. The number of esters is 1. The molecule has 7 heteroatoms. The van der Waals surface area contributed by atoms with Gasteiger partial charge in [-0.3, -0.25) is 4.79 Å². The number of ether oxygens (including phenoxy) is 1. The van der Waals surface area contributed by atoms with Crippen molar-refractivity contribution in [3.8, 4) is 0 Å². The Balaban J connectivity index is 1.73. The van der Waals surface area contributed by atoms with Crippen LogP contribution in [-0.4, -0.2) is 38.4 Å². The number of hydrogen-bond donors (Lipinski definition) is 0. The maximum Gasteiger partial charge on any atom is 0.306 e. The fraction of sp³-hybridized carbons (Fsp3) is 0.688. The monoisotopic (exact) mass is 359 g/mol. The molecule has 1 aromatic heterocycles. The van der Waals surface area contributed by atoms with Crippen LogP contribution in [0, 0.1) is 5.92 Å². The Hall–Kier alpha value is -0.920. The predicted octanol–water partition coefficient (Wildman–Crippen LogP) is 3.27. The van der Waals surface area contributed by atoms with Gasteiger partial charge >= 0.3 is 5.97 Å². The summed E-state index contributed by atoms with van der Waals surface area (Å²) in [5, 5.41) is 1.74. The molecule has 0 aliphatic heterocycles. The standard InChI is InChI=1S/C16H25NO4S2/c1-13-6-3-7-14(12-13)21-15(18)8-4-10-17(2)23(19,20)16-9-5-11-22-16/h5,9,11,13-14H,3-4,6-8,10,12H2,1-2H3. The molecule has 2 atom stereocenters. The van der Waals surface area contributed by atoms with E-state index in [0.717, 1.165) is 19.3 Å². The van der Waals surface area contributed by atoms with Crippen molar-refractivity contribution in [2.45, 2.75) is 55.8 Å². The smallest absolute Gasteiger partial charge is 0.306 e. The van der Waals surface area contributed by atoms with E-state index in [9.17, 15) is 13.2 Å². The van der Waals surface area contributed by atoms with Gasteiger partial charge in [0.05, 0.1) is 0 Å². The summed E-state index contributed by atoms with van der Waals surface area (Å²) in [4.78, 5) is 11.9. The number of carbonyl (C=O) groups excluding carboxylic acids is 1. The van der Waals surface area contributed by atoms with Crippen LogP contribution in [0.25, 0.3) is 0 Å². The molecule has 1 fully saturated rings. The molecule has 0 radical (unpaired) electrons. The van der Waals surface area contributed by atoms with Crippen molar-refractivity contribution < 1.29 is 17.9 Å². The normalized spacial score (nSPS) is 22.2. The van der Waals surface area contributed by atoms with Gasteiger partial charge in [-0.2, -0.15) is 0 Å². The highest BCUT2D eigenvalue weighted by molar-refractivity contribution is 7.91. The third kappa shape index (κ3) is 5.29. The quantitative estimate of drug-likeness (QED) is 0.701. The molecule has 0 aromatic carbocycles. The SMILES string of the molecule is CC1CCCC(OC(=O)CCCN(C)S(=O)(=O)c2cccs2)C1. The second-order valence-electron chi connectivity index (χ2n) is 6.25. The molecule has 2 unspecified atom stereocenters. The molecule has 1 aliphatic carbocycles. The van der Waals surface area contributed by atoms with Gasteiger partial charge in [-0.25, -0.2) is 12.7 Å². The summed E-state index contributed by atoms with van der Waals surface area (Å²) in [6.07, 6.45) is 4.98. The molecule has 0 spiro atoms. The Morgan fingerprint density at radius 2 is 2.22 bits per heavy atom. The first-order chi connectivity index (χ1) is 10.9. The minimum atomic E-state index is -3.43. The molecule has 1 aromatic rings. The van der Waals surface area contributed by atoms with E-state index in [4.69, 9.17) is 4.74 Å². The summed E-state index contributed by atoms with van der Waals surface area (Å²) < 4.78 is 31.6. The molecular weight excluding hydrogens is 334 g/mol. The van der Waals surface area contributed by atoms with E-state index in [-0.39, 0.29) is 18.5 Å². The maximum atomic E-state index is 12.2. The fourth-order valence-corrected chi connectivity index (χ4v) is 5.27. The third-order valence-electron chi connectivity index (χ3n) is 4.20. The van der Waals surface area contributed by atoms with E-state index in [1.807, 2.05) is 0 Å². The van der Waals surface area contributed by atoms with Gasteiger partial charge in [0.25, 0.3) is 10.0 Å². The Morgan fingerprint density at radius 3 is 2.87 bits per heavy atom. The van der Waals surface area contributed by atoms with Crippen LogP contribution < -0.4 is 0 Å². The van der Waals surface area contributed by atoms with Crippen molar-refractivity contribution >= 4 is 27.3 Å². The zero-order chi connectivity index (χ0) is 16.9. The van der Waals surface area contributed by atoms with Crippen LogP contribution in [-0.2, 0) is 19.6 Å². The molecule has 2 rings (SSSR count). The van der Waals surface area contributed by atoms with E-state index in [1.165, 1.54) is 22.1 Å². The molecule has 1 aliphatic rings. The van der Waals surface area contributed by atoms with Gasteiger partial charge in [-0.05, 0) is 43.0 Å². The second kappa shape index (κ2) is 8.26. The highest BCUT2D eigenvalue weighted by Crippen LogP contribution is 2.26. The Labute approximate surface area is 142 Å². The summed E-state index contributed by atoms with van der Waals surface area (Å²) in [5.41, 5.74) is 0. The van der Waals surface area contributed by atoms with Crippen LogP contribution in [0.5, 0.6) is 0 Å². The molecule has 1 saturated carbocycles. The minimum Gasteiger partial charge on any atom is -0.462 e. The van der Waals surface area contributed by atoms with E-state index in [2.05, 4.69) is 6.92 Å². The number of carbonyl (C=O) groups is 1. The molecule has 0 bridgehead atoms. The fourth-order valence-electron chi connectivity index (χ4n) is 2.86. The van der Waals surface area contributed by atoms with E-state index < -0.39 is 10.0 Å². The number of thiophene rings is 1. The molecular formula is C16H25NO4S2. The van der Waals surface area contributed by atoms with Gasteiger partial charge in [0.15, 0.2) is 0 Å². The van der Waals surface area contributed by atoms with Gasteiger partial charge in [-0.1, -0.05) is 19.4 Å². The van der Waals surface area contributed by atoms with Crippen molar-refractivity contribution in [2.75, 3.05) is 13.6 Å². The number of hydrogen-bond acceptors (Lipinski definition) is 5. The van der Waals surface area contributed by atoms with E-state index >= 15 is 0 Å². The Morgan fingerprint density at radius 1 is 1.43 bits per heavy atom. The van der Waals surface area contributed by atoms with Crippen molar-refractivity contribution in [2.24, 2.45) is 5.92 Å². The number of rotatable bonds is 7. The molecule has 1 heterocycles. The van der Waals surface area contributed by atoms with Gasteiger partial charge < -0.3 is 4.74 Å². The van der Waals surface area contributed by atoms with Crippen LogP contribution in [0.4, 0.5) is 0 Å². The lowest BCUT2D eigenvalue weighted by Gasteiger charge is -2.26. The van der Waals surface area contributed by atoms with Crippen LogP contribution in [0.1, 0.15) is 45.4 Å². The summed E-state index contributed by atoms with van der Waals surface area (Å²) in [7, 11) is -1.88. The van der Waals surface area contributed by atoms with Crippen molar-refractivity contribution in [1.29, 1.82) is 0 Å². The zero-order valence-corrected chi connectivity index (χ0v) is 15.4. The topological polar surface area (TPSA) is 63.7 Å². The van der Waals surface area contributed by atoms with Crippen LogP contribution in [0.3, 0.4) is 0 Å². The van der Waals surface area contributed by atoms with Crippen molar-refractivity contribution in [3.63, 3.8) is 0 Å². The Kier molecular flexibility index (Phi) is 6.61. The minimum absolute atomic E-state index is 0.0406. The lowest BCUT2D eigenvalue weighted by molar-refractivity contribution is -0.151. The van der Waals surface area contributed by atoms with Crippen molar-refractivity contribution in [3.05, 3.63) is 17.5 Å². The lowest BCUT2D eigenvalue weighted by atomic mass is 9.89. The van der Waals surface area contributed by atoms with Crippen LogP contribution in [0.2, 0.25) is 0 Å². The van der Waals surface area contributed by atoms with Crippen LogP contribution >= 0.6 is 11.3 Å². The second-order valence-corrected chi connectivity index (χ2v) is 9.47. The molecule has 0 saturated heterocycles. The third-order valence-corrected chi connectivity index (χ3v) is 7.43. The lowest BCUT2D eigenvalue weighted by Crippen LogP contribution is -2.28. The molecule has 23 heavy (non-hydrogen) atoms. The highest BCUT2D eigenvalue weighted by Gasteiger charge is 2.23. The largest absolute Gasteiger partial charge is 0.462 e. The molecule has 0 amide bonds. The first-order valence-electron chi connectivity index (χ1n) is 8.09. The van der Waals surface area contributed by atoms with Gasteiger partial charge in [0.1, 0.15) is 10.3 Å². The van der Waals surface area contributed by atoms with E-state index in [1.54, 1.807) is 24.6 Å². The average Bonchev–Trinajstić information content (AvgIpc) is 3.02. The summed E-state index contributed by atoms with van der Waals surface area (Å²) in [6.45, 7) is 2.50. The summed E-state index contributed by atoms with van der Waals surface area (Å²) >= 11 is 1.20. The summed E-state index contributed by atoms with van der Waals surface area (Å²) in [5.74, 6) is 0.398. The Bertz CT molecular complexity index is 598. The van der Waals surface area contributed by atoms with E-state index in [0.29, 0.717) is 23.1 Å². The highest BCUT2D eigenvalue weighted by atomic mass is 32.2. The van der Waals surface area contributed by atoms with Crippen molar-refractivity contribution in [1.82, 2.24) is 4.31 Å². The van der Waals surface area contributed by atoms with Gasteiger partial charge in [0, 0.05) is 20.0 Å². The molecule has 130 valence electrons.